The van der Waals surface area contributed by atoms with Crippen LogP contribution in [-0.4, -0.2) is 52.9 Å². The van der Waals surface area contributed by atoms with Crippen LogP contribution < -0.4 is 0 Å². The second-order valence-electron chi connectivity index (χ2n) is 7.97. The van der Waals surface area contributed by atoms with Crippen molar-refractivity contribution in [3.8, 4) is 0 Å². The summed E-state index contributed by atoms with van der Waals surface area (Å²) in [7, 11) is 1.43. The molecule has 0 bridgehead atoms. The van der Waals surface area contributed by atoms with E-state index in [2.05, 4.69) is 16.9 Å². The van der Waals surface area contributed by atoms with Gasteiger partial charge in [0, 0.05) is 11.5 Å². The predicted octanol–water partition coefficient (Wildman–Crippen LogP) is 3.06. The third kappa shape index (κ3) is 3.06. The standard InChI is InChI=1S/C19H26FN3O3/c1-12-3-4-15(23(12)18(24)25-2)11-26-16-5-6-19(8-13(19)7-16)17-21-9-14(20)10-22-17/h9-10,12-13,15-16H,3-8,11H2,1-2H3/t12?,13-,15?,16+,19-/m0/s1. The van der Waals surface area contributed by atoms with Gasteiger partial charge in [-0.1, -0.05) is 0 Å². The maximum atomic E-state index is 13.1. The van der Waals surface area contributed by atoms with E-state index in [1.54, 1.807) is 0 Å². The first-order valence-corrected chi connectivity index (χ1v) is 9.49. The third-order valence-electron chi connectivity index (χ3n) is 6.45. The van der Waals surface area contributed by atoms with Crippen molar-refractivity contribution in [1.82, 2.24) is 14.9 Å². The van der Waals surface area contributed by atoms with E-state index in [0.717, 1.165) is 44.3 Å². The molecule has 4 rings (SSSR count). The van der Waals surface area contributed by atoms with E-state index in [-0.39, 0.29) is 35.5 Å². The lowest BCUT2D eigenvalue weighted by molar-refractivity contribution is -0.00748. The average molecular weight is 363 g/mol. The maximum Gasteiger partial charge on any atom is 0.410 e. The van der Waals surface area contributed by atoms with Crippen LogP contribution in [-0.2, 0) is 14.9 Å². The van der Waals surface area contributed by atoms with Crippen molar-refractivity contribution in [2.24, 2.45) is 5.92 Å². The molecule has 5 atom stereocenters. The highest BCUT2D eigenvalue weighted by molar-refractivity contribution is 5.68. The molecule has 2 aliphatic carbocycles. The first-order chi connectivity index (χ1) is 12.5. The fourth-order valence-corrected chi connectivity index (χ4v) is 4.87. The third-order valence-corrected chi connectivity index (χ3v) is 6.45. The van der Waals surface area contributed by atoms with Gasteiger partial charge in [-0.2, -0.15) is 0 Å². The molecule has 142 valence electrons. The number of aromatic nitrogens is 2. The number of amides is 1. The summed E-state index contributed by atoms with van der Waals surface area (Å²) in [5.74, 6) is 0.912. The minimum atomic E-state index is -0.389. The van der Waals surface area contributed by atoms with Crippen LogP contribution in [0.5, 0.6) is 0 Å². The van der Waals surface area contributed by atoms with Gasteiger partial charge in [0.2, 0.25) is 0 Å². The molecule has 7 heteroatoms. The molecule has 0 aromatic carbocycles. The van der Waals surface area contributed by atoms with Gasteiger partial charge >= 0.3 is 6.09 Å². The van der Waals surface area contributed by atoms with E-state index in [9.17, 15) is 9.18 Å². The van der Waals surface area contributed by atoms with Gasteiger partial charge in [-0.25, -0.2) is 19.2 Å². The van der Waals surface area contributed by atoms with Crippen LogP contribution in [0.15, 0.2) is 12.4 Å². The van der Waals surface area contributed by atoms with E-state index in [1.165, 1.54) is 19.5 Å². The van der Waals surface area contributed by atoms with E-state index in [4.69, 9.17) is 9.47 Å². The number of hydrogen-bond acceptors (Lipinski definition) is 5. The summed E-state index contributed by atoms with van der Waals surface area (Å²) < 4.78 is 24.2. The summed E-state index contributed by atoms with van der Waals surface area (Å²) in [6.07, 6.45) is 8.41. The van der Waals surface area contributed by atoms with Gasteiger partial charge in [0.15, 0.2) is 5.82 Å². The molecule has 26 heavy (non-hydrogen) atoms. The van der Waals surface area contributed by atoms with Gasteiger partial charge in [-0.15, -0.1) is 0 Å². The monoisotopic (exact) mass is 363 g/mol. The summed E-state index contributed by atoms with van der Waals surface area (Å²) in [5, 5.41) is 0. The highest BCUT2D eigenvalue weighted by Gasteiger charge is 2.60. The molecule has 0 spiro atoms. The molecule has 1 saturated heterocycles. The molecule has 1 aliphatic heterocycles. The lowest BCUT2D eigenvalue weighted by Crippen LogP contribution is -2.43. The molecule has 6 nitrogen and oxygen atoms in total. The summed E-state index contributed by atoms with van der Waals surface area (Å²) in [6.45, 7) is 2.62. The molecule has 3 aliphatic rings. The quantitative estimate of drug-likeness (QED) is 0.823. The van der Waals surface area contributed by atoms with Gasteiger partial charge in [0.25, 0.3) is 0 Å². The Labute approximate surface area is 153 Å². The maximum absolute atomic E-state index is 13.1. The summed E-state index contributed by atoms with van der Waals surface area (Å²) in [6, 6.07) is 0.304. The Morgan fingerprint density at radius 1 is 1.35 bits per heavy atom. The number of nitrogens with zero attached hydrogens (tertiary/aromatic N) is 3. The highest BCUT2D eigenvalue weighted by atomic mass is 19.1. The zero-order chi connectivity index (χ0) is 18.3. The summed E-state index contributed by atoms with van der Waals surface area (Å²) >= 11 is 0. The van der Waals surface area contributed by atoms with Crippen LogP contribution >= 0.6 is 0 Å². The number of likely N-dealkylation sites (tertiary alicyclic amines) is 1. The van der Waals surface area contributed by atoms with E-state index in [0.29, 0.717) is 12.5 Å². The Bertz CT molecular complexity index is 670. The molecule has 1 amide bonds. The smallest absolute Gasteiger partial charge is 0.410 e. The van der Waals surface area contributed by atoms with Crippen molar-refractivity contribution >= 4 is 6.09 Å². The van der Waals surface area contributed by atoms with Crippen LogP contribution in [0.2, 0.25) is 0 Å². The average Bonchev–Trinajstić information content (AvgIpc) is 3.27. The number of carbonyl (C=O) groups excluding carboxylic acids is 1. The minimum Gasteiger partial charge on any atom is -0.453 e. The first-order valence-electron chi connectivity index (χ1n) is 9.49. The molecule has 0 N–H and O–H groups in total. The molecule has 2 saturated carbocycles. The molecule has 1 aromatic heterocycles. The number of halogens is 1. The van der Waals surface area contributed by atoms with Gasteiger partial charge in [-0.3, -0.25) is 0 Å². The lowest BCUT2D eigenvalue weighted by Gasteiger charge is -2.31. The Kier molecular flexibility index (Phi) is 4.59. The summed E-state index contributed by atoms with van der Waals surface area (Å²) in [4.78, 5) is 22.2. The van der Waals surface area contributed by atoms with Crippen molar-refractivity contribution in [3.63, 3.8) is 0 Å². The van der Waals surface area contributed by atoms with Crippen LogP contribution in [0.4, 0.5) is 9.18 Å². The number of fused-ring (bicyclic) bond motifs is 1. The Hall–Kier alpha value is -1.76. The number of hydrogen-bond donors (Lipinski definition) is 0. The predicted molar refractivity (Wildman–Crippen MR) is 92.1 cm³/mol. The van der Waals surface area contributed by atoms with Gasteiger partial charge in [0.05, 0.1) is 38.3 Å². The number of methoxy groups -OCH3 is 1. The minimum absolute atomic E-state index is 0.0352. The van der Waals surface area contributed by atoms with Gasteiger partial charge in [-0.05, 0) is 51.4 Å². The molecule has 3 fully saturated rings. The zero-order valence-corrected chi connectivity index (χ0v) is 15.4. The van der Waals surface area contributed by atoms with Crippen LogP contribution in [0.25, 0.3) is 0 Å². The normalized spacial score (nSPS) is 35.9. The van der Waals surface area contributed by atoms with Crippen molar-refractivity contribution in [2.45, 2.75) is 69.1 Å². The zero-order valence-electron chi connectivity index (χ0n) is 15.4. The second kappa shape index (κ2) is 6.76. The van der Waals surface area contributed by atoms with Gasteiger partial charge in [0.1, 0.15) is 5.82 Å². The van der Waals surface area contributed by atoms with Crippen molar-refractivity contribution in [2.75, 3.05) is 13.7 Å². The van der Waals surface area contributed by atoms with Crippen LogP contribution in [0.3, 0.4) is 0 Å². The topological polar surface area (TPSA) is 64.5 Å². The Morgan fingerprint density at radius 3 is 2.81 bits per heavy atom. The fraction of sp³-hybridized carbons (Fsp3) is 0.737. The SMILES string of the molecule is COC(=O)N1C(C)CCC1CO[C@@H]1CC[C@]2(c3ncc(F)cn3)C[C@@H]2C1. The van der Waals surface area contributed by atoms with Crippen LogP contribution in [0.1, 0.15) is 51.3 Å². The first kappa shape index (κ1) is 17.6. The Balaban J connectivity index is 1.31. The summed E-state index contributed by atoms with van der Waals surface area (Å²) in [5.41, 5.74) is 0.0352. The van der Waals surface area contributed by atoms with E-state index < -0.39 is 0 Å². The van der Waals surface area contributed by atoms with Crippen LogP contribution in [0, 0.1) is 11.7 Å². The molecular weight excluding hydrogens is 337 g/mol. The largest absolute Gasteiger partial charge is 0.453 e. The molecule has 2 heterocycles. The van der Waals surface area contributed by atoms with Gasteiger partial charge < -0.3 is 14.4 Å². The fourth-order valence-electron chi connectivity index (χ4n) is 4.87. The molecule has 0 radical (unpaired) electrons. The highest BCUT2D eigenvalue weighted by Crippen LogP contribution is 2.61. The molecule has 2 unspecified atom stereocenters. The second-order valence-corrected chi connectivity index (χ2v) is 7.97. The lowest BCUT2D eigenvalue weighted by atomic mass is 9.86. The van der Waals surface area contributed by atoms with Crippen molar-refractivity contribution in [1.29, 1.82) is 0 Å². The Morgan fingerprint density at radius 2 is 2.12 bits per heavy atom. The number of carbonyl (C=O) groups is 1. The molecule has 1 aromatic rings. The molecular formula is C19H26FN3O3. The van der Waals surface area contributed by atoms with E-state index in [1.807, 2.05) is 4.90 Å². The van der Waals surface area contributed by atoms with Crippen molar-refractivity contribution < 1.29 is 18.7 Å². The number of ether oxygens (including phenoxy) is 2. The van der Waals surface area contributed by atoms with E-state index >= 15 is 0 Å². The van der Waals surface area contributed by atoms with Crippen molar-refractivity contribution in [3.05, 3.63) is 24.0 Å². The number of rotatable bonds is 4.